The molecule has 1 amide bonds. The second kappa shape index (κ2) is 7.26. The fraction of sp³-hybridized carbons (Fsp3) is 0.600. The maximum Gasteiger partial charge on any atom is 0.371 e. The highest BCUT2D eigenvalue weighted by Gasteiger charge is 2.22. The van der Waals surface area contributed by atoms with Gasteiger partial charge in [-0.05, 0) is 30.9 Å². The van der Waals surface area contributed by atoms with E-state index in [1.165, 1.54) is 18.6 Å². The molecular formula is C15H21NO5. The van der Waals surface area contributed by atoms with Crippen LogP contribution in [-0.2, 0) is 16.1 Å². The van der Waals surface area contributed by atoms with E-state index in [4.69, 9.17) is 14.3 Å². The average Bonchev–Trinajstić information content (AvgIpc) is 2.93. The van der Waals surface area contributed by atoms with Gasteiger partial charge in [0.1, 0.15) is 12.4 Å². The predicted molar refractivity (Wildman–Crippen MR) is 74.9 cm³/mol. The number of furan rings is 1. The summed E-state index contributed by atoms with van der Waals surface area (Å²) < 4.78 is 10.7. The second-order valence-corrected chi connectivity index (χ2v) is 5.46. The van der Waals surface area contributed by atoms with Crippen LogP contribution in [-0.4, -0.2) is 29.7 Å². The van der Waals surface area contributed by atoms with Crippen molar-refractivity contribution in [1.29, 1.82) is 0 Å². The summed E-state index contributed by atoms with van der Waals surface area (Å²) in [5, 5.41) is 11.4. The van der Waals surface area contributed by atoms with Gasteiger partial charge >= 0.3 is 5.97 Å². The van der Waals surface area contributed by atoms with Crippen LogP contribution >= 0.6 is 0 Å². The molecule has 0 radical (unpaired) electrons. The zero-order valence-electron chi connectivity index (χ0n) is 12.1. The molecule has 116 valence electrons. The molecule has 6 heteroatoms. The Kier molecular flexibility index (Phi) is 5.38. The number of carbonyl (C=O) groups excluding carboxylic acids is 1. The first-order chi connectivity index (χ1) is 10.1. The van der Waals surface area contributed by atoms with Crippen molar-refractivity contribution < 1.29 is 23.8 Å². The molecule has 1 fully saturated rings. The summed E-state index contributed by atoms with van der Waals surface area (Å²) in [6.07, 6.45) is 4.70. The van der Waals surface area contributed by atoms with Gasteiger partial charge in [-0.1, -0.05) is 19.8 Å². The predicted octanol–water partition coefficient (Wildman–Crippen LogP) is 2.19. The summed E-state index contributed by atoms with van der Waals surface area (Å²) in [5.41, 5.74) is 0. The molecule has 2 unspecified atom stereocenters. The lowest BCUT2D eigenvalue weighted by Crippen LogP contribution is -2.32. The van der Waals surface area contributed by atoms with Crippen LogP contribution < -0.4 is 5.32 Å². The lowest BCUT2D eigenvalue weighted by atomic mass is 9.88. The van der Waals surface area contributed by atoms with Crippen LogP contribution in [0.2, 0.25) is 0 Å². The molecule has 0 aromatic carbocycles. The van der Waals surface area contributed by atoms with Crippen molar-refractivity contribution in [1.82, 2.24) is 5.32 Å². The van der Waals surface area contributed by atoms with Crippen molar-refractivity contribution in [3.8, 4) is 0 Å². The third-order valence-corrected chi connectivity index (χ3v) is 3.79. The molecule has 0 saturated heterocycles. The first-order valence-corrected chi connectivity index (χ1v) is 7.26. The highest BCUT2D eigenvalue weighted by atomic mass is 16.5. The minimum absolute atomic E-state index is 0.0293. The Bertz CT molecular complexity index is 496. The van der Waals surface area contributed by atoms with Crippen molar-refractivity contribution in [2.45, 2.75) is 45.3 Å². The molecule has 2 atom stereocenters. The van der Waals surface area contributed by atoms with E-state index in [9.17, 15) is 9.59 Å². The lowest BCUT2D eigenvalue weighted by Gasteiger charge is -2.28. The molecule has 0 aliphatic heterocycles. The molecule has 1 heterocycles. The van der Waals surface area contributed by atoms with Crippen molar-refractivity contribution in [3.05, 3.63) is 23.7 Å². The summed E-state index contributed by atoms with van der Waals surface area (Å²) in [7, 11) is 0. The molecule has 6 nitrogen and oxygen atoms in total. The minimum atomic E-state index is -1.12. The quantitative estimate of drug-likeness (QED) is 0.839. The fourth-order valence-corrected chi connectivity index (χ4v) is 2.54. The zero-order valence-corrected chi connectivity index (χ0v) is 12.1. The number of ether oxygens (including phenoxy) is 1. The molecule has 1 aromatic heterocycles. The van der Waals surface area contributed by atoms with E-state index in [1.807, 2.05) is 0 Å². The van der Waals surface area contributed by atoms with Gasteiger partial charge in [0.25, 0.3) is 0 Å². The normalized spacial score (nSPS) is 22.0. The van der Waals surface area contributed by atoms with E-state index < -0.39 is 5.97 Å². The molecule has 1 aliphatic carbocycles. The van der Waals surface area contributed by atoms with Crippen molar-refractivity contribution >= 4 is 11.9 Å². The van der Waals surface area contributed by atoms with Crippen LogP contribution in [0, 0.1) is 5.92 Å². The van der Waals surface area contributed by atoms with Gasteiger partial charge in [0.05, 0.1) is 12.6 Å². The van der Waals surface area contributed by atoms with Crippen LogP contribution in [0.15, 0.2) is 16.5 Å². The molecule has 2 rings (SSSR count). The van der Waals surface area contributed by atoms with E-state index in [2.05, 4.69) is 12.2 Å². The second-order valence-electron chi connectivity index (χ2n) is 5.46. The van der Waals surface area contributed by atoms with Gasteiger partial charge in [-0.2, -0.15) is 0 Å². The molecule has 21 heavy (non-hydrogen) atoms. The van der Waals surface area contributed by atoms with E-state index in [1.54, 1.807) is 0 Å². The van der Waals surface area contributed by atoms with Crippen molar-refractivity contribution in [2.24, 2.45) is 5.92 Å². The number of hydrogen-bond acceptors (Lipinski definition) is 4. The maximum absolute atomic E-state index is 11.7. The third kappa shape index (κ3) is 4.60. The number of carboxylic acid groups (broad SMARTS) is 1. The summed E-state index contributed by atoms with van der Waals surface area (Å²) in [4.78, 5) is 22.4. The Morgan fingerprint density at radius 3 is 2.81 bits per heavy atom. The number of nitrogens with one attached hydrogen (secondary N) is 1. The Morgan fingerprint density at radius 2 is 2.14 bits per heavy atom. The van der Waals surface area contributed by atoms with Crippen LogP contribution in [0.3, 0.4) is 0 Å². The maximum atomic E-state index is 11.7. The molecule has 1 aliphatic rings. The molecular weight excluding hydrogens is 274 g/mol. The number of carbonyl (C=O) groups is 2. The largest absolute Gasteiger partial charge is 0.475 e. The van der Waals surface area contributed by atoms with Crippen LogP contribution in [0.5, 0.6) is 0 Å². The topological polar surface area (TPSA) is 88.8 Å². The molecule has 0 bridgehead atoms. The molecule has 1 aromatic rings. The lowest BCUT2D eigenvalue weighted by molar-refractivity contribution is -0.129. The van der Waals surface area contributed by atoms with Crippen molar-refractivity contribution in [3.63, 3.8) is 0 Å². The number of carboxylic acids is 1. The first kappa shape index (κ1) is 15.6. The van der Waals surface area contributed by atoms with Gasteiger partial charge < -0.3 is 19.6 Å². The van der Waals surface area contributed by atoms with Gasteiger partial charge in [-0.25, -0.2) is 4.79 Å². The summed E-state index contributed by atoms with van der Waals surface area (Å²) in [6.45, 7) is 2.34. The Labute approximate surface area is 123 Å². The van der Waals surface area contributed by atoms with Gasteiger partial charge in [0.15, 0.2) is 0 Å². The highest BCUT2D eigenvalue weighted by molar-refractivity contribution is 5.84. The molecule has 0 spiro atoms. The van der Waals surface area contributed by atoms with Crippen molar-refractivity contribution in [2.75, 3.05) is 6.61 Å². The van der Waals surface area contributed by atoms with Gasteiger partial charge in [-0.3, -0.25) is 4.79 Å². The Balaban J connectivity index is 1.70. The van der Waals surface area contributed by atoms with E-state index in [0.717, 1.165) is 19.3 Å². The van der Waals surface area contributed by atoms with E-state index in [0.29, 0.717) is 11.7 Å². The number of amides is 1. The number of hydrogen-bond donors (Lipinski definition) is 2. The summed E-state index contributed by atoms with van der Waals surface area (Å²) in [6, 6.07) is 2.90. The highest BCUT2D eigenvalue weighted by Crippen LogP contribution is 2.26. The van der Waals surface area contributed by atoms with E-state index >= 15 is 0 Å². The summed E-state index contributed by atoms with van der Waals surface area (Å²) in [5.74, 6) is -0.573. The van der Waals surface area contributed by atoms with Crippen LogP contribution in [0.25, 0.3) is 0 Å². The number of rotatable bonds is 6. The van der Waals surface area contributed by atoms with E-state index in [-0.39, 0.29) is 30.9 Å². The number of aromatic carboxylic acids is 1. The third-order valence-electron chi connectivity index (χ3n) is 3.79. The Morgan fingerprint density at radius 1 is 1.38 bits per heavy atom. The van der Waals surface area contributed by atoms with Gasteiger partial charge in [-0.15, -0.1) is 0 Å². The standard InChI is InChI=1S/C15H21NO5/c1-10-4-2-3-5-12(10)20-9-14(17)16-8-11-6-7-13(21-11)15(18)19/h6-7,10,12H,2-5,8-9H2,1H3,(H,16,17)(H,18,19). The van der Waals surface area contributed by atoms with Gasteiger partial charge in [0, 0.05) is 0 Å². The minimum Gasteiger partial charge on any atom is -0.475 e. The Hall–Kier alpha value is -1.82. The monoisotopic (exact) mass is 295 g/mol. The summed E-state index contributed by atoms with van der Waals surface area (Å²) >= 11 is 0. The molecule has 1 saturated carbocycles. The smallest absolute Gasteiger partial charge is 0.371 e. The van der Waals surface area contributed by atoms with Crippen LogP contribution in [0.4, 0.5) is 0 Å². The average molecular weight is 295 g/mol. The molecule has 2 N–H and O–H groups in total. The zero-order chi connectivity index (χ0) is 15.2. The van der Waals surface area contributed by atoms with Gasteiger partial charge in [0.2, 0.25) is 11.7 Å². The fourth-order valence-electron chi connectivity index (χ4n) is 2.54. The SMILES string of the molecule is CC1CCCCC1OCC(=O)NCc1ccc(C(=O)O)o1. The first-order valence-electron chi connectivity index (χ1n) is 7.26. The van der Waals surface area contributed by atoms with Crippen LogP contribution in [0.1, 0.15) is 48.9 Å².